The van der Waals surface area contributed by atoms with Crippen LogP contribution in [-0.4, -0.2) is 43.2 Å². The SMILES string of the molecule is CC(C)Oc1ccc2cc(C(=O)N3C[C@H]4COC[C@H]4C3)c(=O)oc2c1. The molecule has 2 atom stereocenters. The van der Waals surface area contributed by atoms with E-state index >= 15 is 0 Å². The minimum absolute atomic E-state index is 0.0311. The first-order chi connectivity index (χ1) is 12.0. The number of hydrogen-bond acceptors (Lipinski definition) is 5. The molecule has 25 heavy (non-hydrogen) atoms. The van der Waals surface area contributed by atoms with Gasteiger partial charge in [-0.05, 0) is 32.0 Å². The van der Waals surface area contributed by atoms with Gasteiger partial charge < -0.3 is 18.8 Å². The normalized spacial score (nSPS) is 22.6. The summed E-state index contributed by atoms with van der Waals surface area (Å²) in [5.41, 5.74) is -0.0928. The van der Waals surface area contributed by atoms with Crippen LogP contribution in [0.1, 0.15) is 24.2 Å². The summed E-state index contributed by atoms with van der Waals surface area (Å²) in [4.78, 5) is 26.8. The zero-order chi connectivity index (χ0) is 17.6. The number of carbonyl (C=O) groups is 1. The van der Waals surface area contributed by atoms with Gasteiger partial charge in [-0.3, -0.25) is 4.79 Å². The number of benzene rings is 1. The lowest BCUT2D eigenvalue weighted by Gasteiger charge is -2.17. The van der Waals surface area contributed by atoms with Crippen molar-refractivity contribution in [3.8, 4) is 5.75 Å². The van der Waals surface area contributed by atoms with Crippen molar-refractivity contribution in [1.82, 2.24) is 4.90 Å². The third-order valence-electron chi connectivity index (χ3n) is 4.84. The average Bonchev–Trinajstić information content (AvgIpc) is 3.14. The van der Waals surface area contributed by atoms with Gasteiger partial charge in [-0.15, -0.1) is 0 Å². The number of likely N-dealkylation sites (tertiary alicyclic amines) is 1. The van der Waals surface area contributed by atoms with Crippen LogP contribution in [0.15, 0.2) is 33.5 Å². The summed E-state index contributed by atoms with van der Waals surface area (Å²) in [6.07, 6.45) is 0.0311. The summed E-state index contributed by atoms with van der Waals surface area (Å²) in [5, 5.41) is 0.710. The van der Waals surface area contributed by atoms with Gasteiger partial charge in [0.1, 0.15) is 16.9 Å². The number of ether oxygens (including phenoxy) is 2. The Kier molecular flexibility index (Phi) is 4.00. The minimum atomic E-state index is -0.604. The quantitative estimate of drug-likeness (QED) is 0.800. The first-order valence-corrected chi connectivity index (χ1v) is 8.63. The van der Waals surface area contributed by atoms with Crippen molar-refractivity contribution in [2.45, 2.75) is 20.0 Å². The smallest absolute Gasteiger partial charge is 0.349 e. The fourth-order valence-corrected chi connectivity index (χ4v) is 3.61. The predicted octanol–water partition coefficient (Wildman–Crippen LogP) is 2.30. The maximum atomic E-state index is 12.8. The molecule has 2 saturated heterocycles. The topological polar surface area (TPSA) is 69.0 Å². The molecule has 6 nitrogen and oxygen atoms in total. The third kappa shape index (κ3) is 3.02. The highest BCUT2D eigenvalue weighted by Gasteiger charge is 2.39. The molecule has 2 fully saturated rings. The first kappa shape index (κ1) is 16.1. The predicted molar refractivity (Wildman–Crippen MR) is 92.0 cm³/mol. The molecule has 2 aromatic rings. The second-order valence-electron chi connectivity index (χ2n) is 7.08. The molecule has 0 saturated carbocycles. The van der Waals surface area contributed by atoms with Gasteiger partial charge in [0.05, 0.1) is 19.3 Å². The Bertz CT molecular complexity index is 860. The van der Waals surface area contributed by atoms with Crippen LogP contribution >= 0.6 is 0 Å². The molecule has 0 spiro atoms. The van der Waals surface area contributed by atoms with Crippen molar-refractivity contribution in [2.24, 2.45) is 11.8 Å². The second kappa shape index (κ2) is 6.19. The first-order valence-electron chi connectivity index (χ1n) is 8.63. The number of rotatable bonds is 3. The van der Waals surface area contributed by atoms with Crippen LogP contribution in [0.25, 0.3) is 11.0 Å². The highest BCUT2D eigenvalue weighted by Crippen LogP contribution is 2.30. The number of nitrogens with zero attached hydrogens (tertiary/aromatic N) is 1. The molecular formula is C19H21NO5. The van der Waals surface area contributed by atoms with E-state index in [2.05, 4.69) is 0 Å². The Balaban J connectivity index is 1.62. The Labute approximate surface area is 145 Å². The molecule has 0 radical (unpaired) electrons. The van der Waals surface area contributed by atoms with Crippen molar-refractivity contribution in [3.63, 3.8) is 0 Å². The van der Waals surface area contributed by atoms with Gasteiger partial charge in [-0.2, -0.15) is 0 Å². The van der Waals surface area contributed by atoms with Crippen molar-refractivity contribution >= 4 is 16.9 Å². The fraction of sp³-hybridized carbons (Fsp3) is 0.474. The van der Waals surface area contributed by atoms with Crippen molar-refractivity contribution in [3.05, 3.63) is 40.2 Å². The summed E-state index contributed by atoms with van der Waals surface area (Å²) in [6, 6.07) is 6.92. The van der Waals surface area contributed by atoms with Gasteiger partial charge in [0.15, 0.2) is 0 Å². The van der Waals surface area contributed by atoms with E-state index in [-0.39, 0.29) is 17.6 Å². The fourth-order valence-electron chi connectivity index (χ4n) is 3.61. The van der Waals surface area contributed by atoms with Gasteiger partial charge in [0, 0.05) is 36.4 Å². The summed E-state index contributed by atoms with van der Waals surface area (Å²) in [7, 11) is 0. The highest BCUT2D eigenvalue weighted by atomic mass is 16.5. The summed E-state index contributed by atoms with van der Waals surface area (Å²) >= 11 is 0. The molecule has 6 heteroatoms. The molecule has 1 aromatic carbocycles. The maximum absolute atomic E-state index is 12.8. The number of fused-ring (bicyclic) bond motifs is 2. The molecule has 0 N–H and O–H groups in total. The third-order valence-corrected chi connectivity index (χ3v) is 4.84. The number of carbonyl (C=O) groups excluding carboxylic acids is 1. The summed E-state index contributed by atoms with van der Waals surface area (Å²) in [6.45, 7) is 6.53. The largest absolute Gasteiger partial charge is 0.491 e. The van der Waals surface area contributed by atoms with E-state index in [4.69, 9.17) is 13.9 Å². The van der Waals surface area contributed by atoms with E-state index in [0.717, 1.165) is 0 Å². The second-order valence-corrected chi connectivity index (χ2v) is 7.08. The average molecular weight is 343 g/mol. The van der Waals surface area contributed by atoms with E-state index in [1.54, 1.807) is 23.1 Å². The van der Waals surface area contributed by atoms with E-state index in [1.807, 2.05) is 19.9 Å². The molecule has 0 bridgehead atoms. The van der Waals surface area contributed by atoms with E-state index < -0.39 is 5.63 Å². The lowest BCUT2D eigenvalue weighted by Crippen LogP contribution is -2.33. The highest BCUT2D eigenvalue weighted by molar-refractivity contribution is 5.97. The van der Waals surface area contributed by atoms with Crippen LogP contribution in [-0.2, 0) is 4.74 Å². The Morgan fingerprint density at radius 2 is 1.92 bits per heavy atom. The van der Waals surface area contributed by atoms with Crippen LogP contribution in [0.3, 0.4) is 0 Å². The van der Waals surface area contributed by atoms with Crippen LogP contribution in [0, 0.1) is 11.8 Å². The van der Waals surface area contributed by atoms with Gasteiger partial charge >= 0.3 is 5.63 Å². The maximum Gasteiger partial charge on any atom is 0.349 e. The zero-order valence-electron chi connectivity index (χ0n) is 14.4. The Hall–Kier alpha value is -2.34. The Morgan fingerprint density at radius 1 is 1.20 bits per heavy atom. The lowest BCUT2D eigenvalue weighted by molar-refractivity contribution is 0.0747. The van der Waals surface area contributed by atoms with Gasteiger partial charge in [0.25, 0.3) is 5.91 Å². The van der Waals surface area contributed by atoms with Crippen molar-refractivity contribution < 1.29 is 18.7 Å². The zero-order valence-corrected chi connectivity index (χ0v) is 14.4. The van der Waals surface area contributed by atoms with Crippen LogP contribution < -0.4 is 10.4 Å². The summed E-state index contributed by atoms with van der Waals surface area (Å²) in [5.74, 6) is 1.14. The van der Waals surface area contributed by atoms with Crippen molar-refractivity contribution in [2.75, 3.05) is 26.3 Å². The molecule has 3 heterocycles. The molecule has 0 unspecified atom stereocenters. The van der Waals surface area contributed by atoms with Gasteiger partial charge in [-0.1, -0.05) is 0 Å². The molecule has 132 valence electrons. The minimum Gasteiger partial charge on any atom is -0.491 e. The van der Waals surface area contributed by atoms with E-state index in [1.165, 1.54) is 0 Å². The molecule has 2 aliphatic heterocycles. The van der Waals surface area contributed by atoms with Gasteiger partial charge in [-0.25, -0.2) is 4.79 Å². The lowest BCUT2D eigenvalue weighted by atomic mass is 10.0. The van der Waals surface area contributed by atoms with Crippen LogP contribution in [0.4, 0.5) is 0 Å². The number of hydrogen-bond donors (Lipinski definition) is 0. The monoisotopic (exact) mass is 343 g/mol. The summed E-state index contributed by atoms with van der Waals surface area (Å²) < 4.78 is 16.4. The van der Waals surface area contributed by atoms with E-state index in [0.29, 0.717) is 54.9 Å². The molecule has 1 amide bonds. The Morgan fingerprint density at radius 3 is 2.60 bits per heavy atom. The van der Waals surface area contributed by atoms with Crippen molar-refractivity contribution in [1.29, 1.82) is 0 Å². The van der Waals surface area contributed by atoms with Gasteiger partial charge in [0.2, 0.25) is 0 Å². The molecule has 0 aliphatic carbocycles. The van der Waals surface area contributed by atoms with Crippen LogP contribution in [0.2, 0.25) is 0 Å². The standard InChI is InChI=1S/C19H21NO5/c1-11(2)24-15-4-3-12-5-16(19(22)25-17(12)6-15)18(21)20-7-13-9-23-10-14(13)8-20/h3-6,11,13-14H,7-10H2,1-2H3/t13-,14+. The van der Waals surface area contributed by atoms with Crippen LogP contribution in [0.5, 0.6) is 5.75 Å². The molecule has 1 aromatic heterocycles. The molecular weight excluding hydrogens is 322 g/mol. The van der Waals surface area contributed by atoms with E-state index in [9.17, 15) is 9.59 Å². The molecule has 2 aliphatic rings. The molecule has 4 rings (SSSR count). The number of amides is 1.